The number of hydrogen-bond donors (Lipinski definition) is 5. The lowest BCUT2D eigenvalue weighted by Crippen LogP contribution is -2.54. The number of nitrogens with zero attached hydrogens (tertiary/aromatic N) is 1. The van der Waals surface area contributed by atoms with Crippen LogP contribution in [-0.2, 0) is 20.9 Å². The van der Waals surface area contributed by atoms with Gasteiger partial charge >= 0.3 is 6.09 Å². The lowest BCUT2D eigenvalue weighted by atomic mass is 10.0. The molecule has 1 heterocycles. The van der Waals surface area contributed by atoms with Crippen LogP contribution in [0.1, 0.15) is 60.4 Å². The molecule has 1 aliphatic heterocycles. The van der Waals surface area contributed by atoms with Gasteiger partial charge in [-0.1, -0.05) is 44.2 Å². The lowest BCUT2D eigenvalue weighted by molar-refractivity contribution is -0.130. The van der Waals surface area contributed by atoms with E-state index in [1.54, 1.807) is 19.1 Å². The first kappa shape index (κ1) is 33.1. The number of likely N-dealkylation sites (N-methyl/N-ethyl adjacent to an activating group) is 1. The number of anilines is 1. The fourth-order valence-corrected chi connectivity index (χ4v) is 4.45. The molecule has 12 heteroatoms. The monoisotopic (exact) mass is 594 g/mol. The second kappa shape index (κ2) is 16.3. The fourth-order valence-electron chi connectivity index (χ4n) is 4.45. The summed E-state index contributed by atoms with van der Waals surface area (Å²) in [7, 11) is 0. The van der Waals surface area contributed by atoms with E-state index in [4.69, 9.17) is 4.74 Å². The molecule has 1 fully saturated rings. The Labute approximate surface area is 252 Å². The molecule has 5 amide bonds. The van der Waals surface area contributed by atoms with Crippen molar-refractivity contribution in [3.05, 3.63) is 65.2 Å². The first-order valence-corrected chi connectivity index (χ1v) is 14.6. The van der Waals surface area contributed by atoms with Crippen LogP contribution in [0.2, 0.25) is 0 Å². The largest absolute Gasteiger partial charge is 0.449 e. The van der Waals surface area contributed by atoms with Crippen molar-refractivity contribution in [1.82, 2.24) is 26.6 Å². The van der Waals surface area contributed by atoms with Crippen molar-refractivity contribution in [2.75, 3.05) is 37.7 Å². The van der Waals surface area contributed by atoms with Gasteiger partial charge in [0.05, 0.1) is 12.6 Å². The van der Waals surface area contributed by atoms with Crippen LogP contribution in [0.5, 0.6) is 0 Å². The Hall–Kier alpha value is -4.45. The van der Waals surface area contributed by atoms with Gasteiger partial charge in [-0.05, 0) is 49.9 Å². The maximum atomic E-state index is 13.1. The quantitative estimate of drug-likeness (QED) is 0.209. The molecular formula is C31H42N6O6. The first-order chi connectivity index (χ1) is 20.6. The van der Waals surface area contributed by atoms with Gasteiger partial charge in [0.15, 0.2) is 0 Å². The molecule has 0 spiro atoms. The summed E-state index contributed by atoms with van der Waals surface area (Å²) in [5.74, 6) is -1.49. The smallest absolute Gasteiger partial charge is 0.414 e. The summed E-state index contributed by atoms with van der Waals surface area (Å²) >= 11 is 0. The van der Waals surface area contributed by atoms with Crippen LogP contribution in [0.4, 0.5) is 10.5 Å². The van der Waals surface area contributed by atoms with Crippen LogP contribution >= 0.6 is 0 Å². The number of carbonyl (C=O) groups is 5. The summed E-state index contributed by atoms with van der Waals surface area (Å²) in [5, 5.41) is 14.2. The van der Waals surface area contributed by atoms with Crippen LogP contribution in [0.3, 0.4) is 0 Å². The van der Waals surface area contributed by atoms with Gasteiger partial charge in [-0.25, -0.2) is 4.79 Å². The summed E-state index contributed by atoms with van der Waals surface area (Å²) in [6.07, 6.45) is 0.0823. The van der Waals surface area contributed by atoms with Crippen LogP contribution in [0, 0.1) is 5.92 Å². The SMILES string of the molecule is CCNC(=O)[C@@H](NC(=O)C(C)NCCNC(=O)c1cc(C(=O)NCc2ccccc2)cc(N2CCCOC2=O)c1)C(C)C. The third-order valence-corrected chi connectivity index (χ3v) is 6.87. The van der Waals surface area contributed by atoms with Crippen molar-refractivity contribution in [3.63, 3.8) is 0 Å². The minimum absolute atomic E-state index is 0.0881. The van der Waals surface area contributed by atoms with Crippen LogP contribution < -0.4 is 31.5 Å². The molecule has 2 aromatic rings. The molecule has 12 nitrogen and oxygen atoms in total. The summed E-state index contributed by atoms with van der Waals surface area (Å²) in [5.41, 5.74) is 1.74. The van der Waals surface area contributed by atoms with Crippen molar-refractivity contribution in [2.45, 2.75) is 52.7 Å². The van der Waals surface area contributed by atoms with Gasteiger partial charge < -0.3 is 31.3 Å². The molecule has 0 saturated carbocycles. The molecule has 1 saturated heterocycles. The van der Waals surface area contributed by atoms with Gasteiger partial charge in [0.1, 0.15) is 6.04 Å². The zero-order valence-corrected chi connectivity index (χ0v) is 25.2. The average molecular weight is 595 g/mol. The molecule has 3 rings (SSSR count). The number of amides is 5. The zero-order chi connectivity index (χ0) is 31.4. The molecule has 5 N–H and O–H groups in total. The van der Waals surface area contributed by atoms with Gasteiger partial charge in [0.25, 0.3) is 11.8 Å². The Bertz CT molecular complexity index is 1280. The van der Waals surface area contributed by atoms with E-state index in [1.165, 1.54) is 11.0 Å². The second-order valence-electron chi connectivity index (χ2n) is 10.6. The van der Waals surface area contributed by atoms with Crippen molar-refractivity contribution >= 4 is 35.4 Å². The minimum Gasteiger partial charge on any atom is -0.449 e. The molecular weight excluding hydrogens is 552 g/mol. The molecule has 0 aromatic heterocycles. The predicted molar refractivity (Wildman–Crippen MR) is 163 cm³/mol. The first-order valence-electron chi connectivity index (χ1n) is 14.6. The normalized spacial score (nSPS) is 14.3. The van der Waals surface area contributed by atoms with Gasteiger partial charge in [-0.15, -0.1) is 0 Å². The Morgan fingerprint density at radius 3 is 2.19 bits per heavy atom. The Kier molecular flexibility index (Phi) is 12.5. The third-order valence-electron chi connectivity index (χ3n) is 6.87. The Morgan fingerprint density at radius 2 is 1.56 bits per heavy atom. The van der Waals surface area contributed by atoms with Crippen LogP contribution in [0.15, 0.2) is 48.5 Å². The number of nitrogens with one attached hydrogen (secondary N) is 5. The highest BCUT2D eigenvalue weighted by molar-refractivity contribution is 6.02. The number of rotatable bonds is 14. The fraction of sp³-hybridized carbons (Fsp3) is 0.452. The van der Waals surface area contributed by atoms with Gasteiger partial charge in [-0.3, -0.25) is 24.1 Å². The Balaban J connectivity index is 1.62. The number of hydrogen-bond acceptors (Lipinski definition) is 7. The second-order valence-corrected chi connectivity index (χ2v) is 10.6. The van der Waals surface area contributed by atoms with E-state index in [9.17, 15) is 24.0 Å². The highest BCUT2D eigenvalue weighted by Gasteiger charge is 2.26. The van der Waals surface area contributed by atoms with Crippen molar-refractivity contribution in [2.24, 2.45) is 5.92 Å². The molecule has 1 aliphatic rings. The summed E-state index contributed by atoms with van der Waals surface area (Å²) in [6.45, 7) is 9.14. The summed E-state index contributed by atoms with van der Waals surface area (Å²) in [6, 6.07) is 12.8. The molecule has 232 valence electrons. The summed E-state index contributed by atoms with van der Waals surface area (Å²) < 4.78 is 5.16. The highest BCUT2D eigenvalue weighted by atomic mass is 16.6. The van der Waals surface area contributed by atoms with E-state index in [2.05, 4.69) is 26.6 Å². The van der Waals surface area contributed by atoms with E-state index in [0.29, 0.717) is 38.3 Å². The molecule has 2 atom stereocenters. The number of ether oxygens (including phenoxy) is 1. The maximum absolute atomic E-state index is 13.1. The number of carbonyl (C=O) groups excluding carboxylic acids is 5. The van der Waals surface area contributed by atoms with E-state index in [-0.39, 0.29) is 47.9 Å². The van der Waals surface area contributed by atoms with Crippen molar-refractivity contribution in [3.8, 4) is 0 Å². The molecule has 2 aromatic carbocycles. The topological polar surface area (TPSA) is 158 Å². The highest BCUT2D eigenvalue weighted by Crippen LogP contribution is 2.23. The lowest BCUT2D eigenvalue weighted by Gasteiger charge is -2.27. The maximum Gasteiger partial charge on any atom is 0.414 e. The predicted octanol–water partition coefficient (Wildman–Crippen LogP) is 1.95. The Morgan fingerprint density at radius 1 is 0.884 bits per heavy atom. The molecule has 1 unspecified atom stereocenters. The van der Waals surface area contributed by atoms with E-state index >= 15 is 0 Å². The number of cyclic esters (lactones) is 1. The van der Waals surface area contributed by atoms with Crippen LogP contribution in [-0.4, -0.2) is 74.6 Å². The van der Waals surface area contributed by atoms with Gasteiger partial charge in [0, 0.05) is 49.5 Å². The number of benzene rings is 2. The third kappa shape index (κ3) is 9.81. The van der Waals surface area contributed by atoms with Crippen molar-refractivity contribution < 1.29 is 28.7 Å². The van der Waals surface area contributed by atoms with Gasteiger partial charge in [0.2, 0.25) is 11.8 Å². The standard InChI is InChI=1S/C31H42N6O6/c1-5-32-30(41)26(20(2)3)36-27(38)21(4)33-12-13-34-28(39)23-16-24(29(40)35-19-22-10-7-6-8-11-22)18-25(17-23)37-14-9-15-43-31(37)42/h6-8,10-11,16-18,20-21,26,33H,5,9,12-15,19H2,1-4H3,(H,32,41)(H,34,39)(H,35,40)(H,36,38)/t21?,26-/m0/s1. The summed E-state index contributed by atoms with van der Waals surface area (Å²) in [4.78, 5) is 64.9. The van der Waals surface area contributed by atoms with E-state index in [1.807, 2.05) is 51.1 Å². The molecule has 0 radical (unpaired) electrons. The molecule has 0 aliphatic carbocycles. The molecule has 43 heavy (non-hydrogen) atoms. The zero-order valence-electron chi connectivity index (χ0n) is 25.2. The van der Waals surface area contributed by atoms with E-state index in [0.717, 1.165) is 5.56 Å². The van der Waals surface area contributed by atoms with Gasteiger partial charge in [-0.2, -0.15) is 0 Å². The van der Waals surface area contributed by atoms with E-state index < -0.39 is 24.1 Å². The average Bonchev–Trinajstić information content (AvgIpc) is 3.00. The minimum atomic E-state index is -0.653. The van der Waals surface area contributed by atoms with Crippen molar-refractivity contribution in [1.29, 1.82) is 0 Å². The molecule has 0 bridgehead atoms. The van der Waals surface area contributed by atoms with Crippen LogP contribution in [0.25, 0.3) is 0 Å².